The molecule has 0 aliphatic rings. The fourth-order valence-electron chi connectivity index (χ4n) is 1.77. The van der Waals surface area contributed by atoms with E-state index in [9.17, 15) is 4.79 Å². The van der Waals surface area contributed by atoms with E-state index in [0.717, 1.165) is 6.42 Å². The first-order valence-corrected chi connectivity index (χ1v) is 6.79. The highest BCUT2D eigenvalue weighted by Gasteiger charge is 2.12. The maximum Gasteiger partial charge on any atom is 0.241 e. The maximum atomic E-state index is 11.9. The summed E-state index contributed by atoms with van der Waals surface area (Å²) < 4.78 is 5.55. The fourth-order valence-corrected chi connectivity index (χ4v) is 1.77. The number of anilines is 1. The predicted octanol–water partition coefficient (Wildman–Crippen LogP) is 2.33. The summed E-state index contributed by atoms with van der Waals surface area (Å²) >= 11 is 0. The topological polar surface area (TPSA) is 90.1 Å². The minimum absolute atomic E-state index is 0.200. The molecular weight excluding hydrogens is 268 g/mol. The average Bonchev–Trinajstić information content (AvgIpc) is 2.49. The molecular formula is C15H18N4O2. The maximum absolute atomic E-state index is 11.9. The van der Waals surface area contributed by atoms with Gasteiger partial charge in [0.25, 0.3) is 0 Å². The van der Waals surface area contributed by atoms with Gasteiger partial charge >= 0.3 is 0 Å². The van der Waals surface area contributed by atoms with Crippen molar-refractivity contribution in [3.05, 3.63) is 42.9 Å². The Morgan fingerprint density at radius 1 is 1.43 bits per heavy atom. The lowest BCUT2D eigenvalue weighted by Gasteiger charge is -2.12. The molecule has 1 aromatic heterocycles. The number of rotatable bonds is 6. The normalized spacial score (nSPS) is 11.7. The van der Waals surface area contributed by atoms with Crippen LogP contribution in [0.2, 0.25) is 0 Å². The number of carbonyl (C=O) groups excluding carboxylic acids is 1. The molecule has 2 aromatic rings. The van der Waals surface area contributed by atoms with Gasteiger partial charge in [0, 0.05) is 24.1 Å². The third kappa shape index (κ3) is 4.54. The second-order valence-corrected chi connectivity index (χ2v) is 4.56. The molecule has 2 rings (SSSR count). The van der Waals surface area contributed by atoms with Gasteiger partial charge in [-0.25, -0.2) is 4.98 Å². The molecule has 0 saturated heterocycles. The Balaban J connectivity index is 2.02. The van der Waals surface area contributed by atoms with Gasteiger partial charge in [0.1, 0.15) is 5.75 Å². The van der Waals surface area contributed by atoms with Crippen LogP contribution in [0, 0.1) is 0 Å². The van der Waals surface area contributed by atoms with Crippen LogP contribution in [-0.4, -0.2) is 21.9 Å². The van der Waals surface area contributed by atoms with Crippen molar-refractivity contribution < 1.29 is 9.53 Å². The third-order valence-electron chi connectivity index (χ3n) is 2.80. The first-order chi connectivity index (χ1) is 10.2. The minimum Gasteiger partial charge on any atom is -0.437 e. The molecule has 0 spiro atoms. The molecule has 0 aliphatic heterocycles. The van der Waals surface area contributed by atoms with Gasteiger partial charge in [0.2, 0.25) is 11.8 Å². The number of hydrogen-bond donors (Lipinski definition) is 2. The Kier molecular flexibility index (Phi) is 5.22. The number of nitrogens with one attached hydrogen (secondary N) is 1. The summed E-state index contributed by atoms with van der Waals surface area (Å²) in [4.78, 5) is 19.8. The summed E-state index contributed by atoms with van der Waals surface area (Å²) in [5.41, 5.74) is 6.41. The number of hydrogen-bond acceptors (Lipinski definition) is 5. The van der Waals surface area contributed by atoms with E-state index in [1.165, 1.54) is 6.20 Å². The lowest BCUT2D eigenvalue weighted by Crippen LogP contribution is -2.35. The second kappa shape index (κ2) is 7.35. The Labute approximate surface area is 123 Å². The fraction of sp³-hybridized carbons (Fsp3) is 0.267. The van der Waals surface area contributed by atoms with Gasteiger partial charge in [-0.1, -0.05) is 19.4 Å². The van der Waals surface area contributed by atoms with Crippen molar-refractivity contribution in [3.8, 4) is 11.6 Å². The highest BCUT2D eigenvalue weighted by Crippen LogP contribution is 2.22. The van der Waals surface area contributed by atoms with Crippen molar-refractivity contribution in [2.75, 3.05) is 5.32 Å². The molecule has 21 heavy (non-hydrogen) atoms. The van der Waals surface area contributed by atoms with E-state index in [1.54, 1.807) is 36.7 Å². The highest BCUT2D eigenvalue weighted by atomic mass is 16.5. The molecule has 6 heteroatoms. The Morgan fingerprint density at radius 2 is 2.29 bits per heavy atom. The summed E-state index contributed by atoms with van der Waals surface area (Å²) in [7, 11) is 0. The summed E-state index contributed by atoms with van der Waals surface area (Å²) in [6.45, 7) is 1.99. The number of amides is 1. The predicted molar refractivity (Wildman–Crippen MR) is 80.1 cm³/mol. The lowest BCUT2D eigenvalue weighted by atomic mass is 10.1. The SMILES string of the molecule is CCCC(N)C(=O)Nc1cccc(Oc2cnccn2)c1. The van der Waals surface area contributed by atoms with E-state index in [2.05, 4.69) is 15.3 Å². The van der Waals surface area contributed by atoms with Gasteiger partial charge in [-0.3, -0.25) is 9.78 Å². The summed E-state index contributed by atoms with van der Waals surface area (Å²) in [5.74, 6) is 0.759. The second-order valence-electron chi connectivity index (χ2n) is 4.56. The van der Waals surface area contributed by atoms with Gasteiger partial charge in [-0.05, 0) is 18.6 Å². The van der Waals surface area contributed by atoms with Crippen LogP contribution < -0.4 is 15.8 Å². The van der Waals surface area contributed by atoms with Crippen molar-refractivity contribution >= 4 is 11.6 Å². The monoisotopic (exact) mass is 286 g/mol. The van der Waals surface area contributed by atoms with Crippen LogP contribution in [0.1, 0.15) is 19.8 Å². The molecule has 1 aromatic carbocycles. The molecule has 3 N–H and O–H groups in total. The lowest BCUT2D eigenvalue weighted by molar-refractivity contribution is -0.117. The molecule has 0 fully saturated rings. The molecule has 0 aliphatic carbocycles. The third-order valence-corrected chi connectivity index (χ3v) is 2.80. The van der Waals surface area contributed by atoms with Gasteiger partial charge in [-0.15, -0.1) is 0 Å². The highest BCUT2D eigenvalue weighted by molar-refractivity contribution is 5.94. The van der Waals surface area contributed by atoms with Gasteiger partial charge in [0.05, 0.1) is 12.2 Å². The molecule has 0 saturated carbocycles. The van der Waals surface area contributed by atoms with E-state index in [-0.39, 0.29) is 5.91 Å². The quantitative estimate of drug-likeness (QED) is 0.850. The zero-order valence-corrected chi connectivity index (χ0v) is 11.8. The smallest absolute Gasteiger partial charge is 0.241 e. The number of nitrogens with two attached hydrogens (primary N) is 1. The Hall–Kier alpha value is -2.47. The van der Waals surface area contributed by atoms with Crippen molar-refractivity contribution in [3.63, 3.8) is 0 Å². The standard InChI is InChI=1S/C15H18N4O2/c1-2-4-13(16)15(20)19-11-5-3-6-12(9-11)21-14-10-17-7-8-18-14/h3,5-10,13H,2,4,16H2,1H3,(H,19,20). The van der Waals surface area contributed by atoms with E-state index in [4.69, 9.17) is 10.5 Å². The first-order valence-electron chi connectivity index (χ1n) is 6.79. The summed E-state index contributed by atoms with van der Waals surface area (Å²) in [6.07, 6.45) is 6.15. The largest absolute Gasteiger partial charge is 0.437 e. The van der Waals surface area contributed by atoms with Crippen molar-refractivity contribution in [2.45, 2.75) is 25.8 Å². The Morgan fingerprint density at radius 3 is 3.00 bits per heavy atom. The average molecular weight is 286 g/mol. The van der Waals surface area contributed by atoms with Crippen LogP contribution in [0.25, 0.3) is 0 Å². The van der Waals surface area contributed by atoms with Gasteiger partial charge in [0.15, 0.2) is 0 Å². The van der Waals surface area contributed by atoms with Crippen molar-refractivity contribution in [2.24, 2.45) is 5.73 Å². The minimum atomic E-state index is -0.500. The molecule has 1 atom stereocenters. The summed E-state index contributed by atoms with van der Waals surface area (Å²) in [5, 5.41) is 2.77. The number of nitrogens with zero attached hydrogens (tertiary/aromatic N) is 2. The van der Waals surface area contributed by atoms with Crippen LogP contribution in [0.4, 0.5) is 5.69 Å². The molecule has 6 nitrogen and oxygen atoms in total. The number of ether oxygens (including phenoxy) is 1. The molecule has 1 heterocycles. The molecule has 110 valence electrons. The number of carbonyl (C=O) groups is 1. The van der Waals surface area contributed by atoms with Crippen LogP contribution in [0.5, 0.6) is 11.6 Å². The number of aromatic nitrogens is 2. The van der Waals surface area contributed by atoms with E-state index < -0.39 is 6.04 Å². The zero-order chi connectivity index (χ0) is 15.1. The van der Waals surface area contributed by atoms with E-state index >= 15 is 0 Å². The van der Waals surface area contributed by atoms with E-state index in [1.807, 2.05) is 6.92 Å². The van der Waals surface area contributed by atoms with Crippen LogP contribution in [0.3, 0.4) is 0 Å². The van der Waals surface area contributed by atoms with Crippen molar-refractivity contribution in [1.82, 2.24) is 9.97 Å². The van der Waals surface area contributed by atoms with Crippen LogP contribution in [-0.2, 0) is 4.79 Å². The van der Waals surface area contributed by atoms with Crippen LogP contribution in [0.15, 0.2) is 42.9 Å². The zero-order valence-electron chi connectivity index (χ0n) is 11.8. The van der Waals surface area contributed by atoms with E-state index in [0.29, 0.717) is 23.7 Å². The molecule has 1 unspecified atom stereocenters. The van der Waals surface area contributed by atoms with Crippen LogP contribution >= 0.6 is 0 Å². The van der Waals surface area contributed by atoms with Gasteiger partial charge < -0.3 is 15.8 Å². The summed E-state index contributed by atoms with van der Waals surface area (Å²) in [6, 6.07) is 6.55. The molecule has 0 radical (unpaired) electrons. The van der Waals surface area contributed by atoms with Gasteiger partial charge in [-0.2, -0.15) is 0 Å². The first kappa shape index (κ1) is 14.9. The number of benzene rings is 1. The molecule has 0 bridgehead atoms. The molecule has 1 amide bonds. The Bertz CT molecular complexity index is 589. The van der Waals surface area contributed by atoms with Crippen molar-refractivity contribution in [1.29, 1.82) is 0 Å².